The molecule has 2 aromatic rings. The molecule has 7 heteroatoms. The first-order valence-corrected chi connectivity index (χ1v) is 10.4. The minimum absolute atomic E-state index is 0.0148. The number of ether oxygens (including phenoxy) is 1. The summed E-state index contributed by atoms with van der Waals surface area (Å²) in [4.78, 5) is 24.6. The van der Waals surface area contributed by atoms with Gasteiger partial charge in [0.1, 0.15) is 0 Å². The van der Waals surface area contributed by atoms with E-state index in [1.165, 1.54) is 12.1 Å². The van der Waals surface area contributed by atoms with E-state index in [2.05, 4.69) is 10.6 Å². The summed E-state index contributed by atoms with van der Waals surface area (Å²) >= 11 is 12.2. The molecular weight excluding hydrogens is 411 g/mol. The number of hydrogen-bond acceptors (Lipinski definition) is 3. The minimum atomic E-state index is -0.350. The van der Waals surface area contributed by atoms with Gasteiger partial charge in [0.2, 0.25) is 5.91 Å². The Morgan fingerprint density at radius 3 is 2.55 bits per heavy atom. The molecular formula is C22H26Cl2N2O3. The van der Waals surface area contributed by atoms with E-state index in [9.17, 15) is 9.59 Å². The summed E-state index contributed by atoms with van der Waals surface area (Å²) < 4.78 is 5.81. The first-order valence-electron chi connectivity index (χ1n) is 9.66. The lowest BCUT2D eigenvalue weighted by Gasteiger charge is -2.15. The standard InChI is InChI=1S/C22H26Cl2N2O3/c1-3-8-20(27)26-21-18(13-17(23)14-19(21)24)22(28)25-11-7-12-29-15(2)16-9-5-4-6-10-16/h4-6,9-10,13-15H,3,7-8,11-12H2,1-2H3,(H,25,28)(H,26,27). The van der Waals surface area contributed by atoms with Gasteiger partial charge in [-0.15, -0.1) is 0 Å². The molecule has 0 aliphatic carbocycles. The number of nitrogens with one attached hydrogen (secondary N) is 2. The molecule has 0 spiro atoms. The molecule has 5 nitrogen and oxygen atoms in total. The third-order valence-corrected chi connectivity index (χ3v) is 4.80. The Bertz CT molecular complexity index is 828. The van der Waals surface area contributed by atoms with Gasteiger partial charge in [-0.1, -0.05) is 60.5 Å². The zero-order valence-electron chi connectivity index (χ0n) is 16.6. The smallest absolute Gasteiger partial charge is 0.253 e. The number of rotatable bonds is 10. The highest BCUT2D eigenvalue weighted by molar-refractivity contribution is 6.38. The number of anilines is 1. The average molecular weight is 437 g/mol. The number of halogens is 2. The van der Waals surface area contributed by atoms with Crippen LogP contribution in [0.4, 0.5) is 5.69 Å². The number of amides is 2. The lowest BCUT2D eigenvalue weighted by atomic mass is 10.1. The van der Waals surface area contributed by atoms with Crippen LogP contribution in [0.2, 0.25) is 10.0 Å². The van der Waals surface area contributed by atoms with Crippen molar-refractivity contribution in [3.05, 3.63) is 63.6 Å². The van der Waals surface area contributed by atoms with Crippen LogP contribution in [0.25, 0.3) is 0 Å². The Hall–Kier alpha value is -2.08. The summed E-state index contributed by atoms with van der Waals surface area (Å²) in [5.74, 6) is -0.550. The van der Waals surface area contributed by atoms with Gasteiger partial charge < -0.3 is 15.4 Å². The van der Waals surface area contributed by atoms with Crippen LogP contribution >= 0.6 is 23.2 Å². The van der Waals surface area contributed by atoms with Crippen LogP contribution in [0.3, 0.4) is 0 Å². The molecule has 0 bridgehead atoms. The summed E-state index contributed by atoms with van der Waals surface area (Å²) in [5, 5.41) is 6.09. The van der Waals surface area contributed by atoms with E-state index < -0.39 is 0 Å². The average Bonchev–Trinajstić information content (AvgIpc) is 2.70. The second-order valence-electron chi connectivity index (χ2n) is 6.64. The predicted molar refractivity (Wildman–Crippen MR) is 118 cm³/mol. The third kappa shape index (κ3) is 7.35. The molecule has 0 aromatic heterocycles. The summed E-state index contributed by atoms with van der Waals surface area (Å²) in [6.45, 7) is 4.82. The minimum Gasteiger partial charge on any atom is -0.374 e. The van der Waals surface area contributed by atoms with Gasteiger partial charge in [-0.3, -0.25) is 9.59 Å². The Labute approximate surface area is 181 Å². The zero-order chi connectivity index (χ0) is 21.2. The second kappa shape index (κ2) is 11.8. The molecule has 0 aliphatic rings. The summed E-state index contributed by atoms with van der Waals surface area (Å²) in [6.07, 6.45) is 1.67. The van der Waals surface area contributed by atoms with Crippen molar-refractivity contribution in [2.24, 2.45) is 0 Å². The fourth-order valence-corrected chi connectivity index (χ4v) is 3.30. The Morgan fingerprint density at radius 1 is 1.14 bits per heavy atom. The van der Waals surface area contributed by atoms with Crippen LogP contribution in [0, 0.1) is 0 Å². The van der Waals surface area contributed by atoms with E-state index in [4.69, 9.17) is 27.9 Å². The van der Waals surface area contributed by atoms with Crippen LogP contribution in [-0.4, -0.2) is 25.0 Å². The van der Waals surface area contributed by atoms with Crippen molar-refractivity contribution in [2.75, 3.05) is 18.5 Å². The van der Waals surface area contributed by atoms with Crippen LogP contribution in [0.15, 0.2) is 42.5 Å². The molecule has 29 heavy (non-hydrogen) atoms. The summed E-state index contributed by atoms with van der Waals surface area (Å²) in [5.41, 5.74) is 1.63. The Balaban J connectivity index is 1.89. The van der Waals surface area contributed by atoms with Crippen molar-refractivity contribution in [2.45, 2.75) is 39.2 Å². The predicted octanol–water partition coefficient (Wildman–Crippen LogP) is 5.63. The molecule has 1 unspecified atom stereocenters. The van der Waals surface area contributed by atoms with Crippen molar-refractivity contribution in [3.8, 4) is 0 Å². The van der Waals surface area contributed by atoms with E-state index in [0.29, 0.717) is 37.4 Å². The molecule has 2 N–H and O–H groups in total. The fraction of sp³-hybridized carbons (Fsp3) is 0.364. The van der Waals surface area contributed by atoms with Crippen molar-refractivity contribution in [1.82, 2.24) is 5.32 Å². The monoisotopic (exact) mass is 436 g/mol. The van der Waals surface area contributed by atoms with E-state index in [-0.39, 0.29) is 34.2 Å². The largest absolute Gasteiger partial charge is 0.374 e. The van der Waals surface area contributed by atoms with E-state index in [1.54, 1.807) is 0 Å². The highest BCUT2D eigenvalue weighted by atomic mass is 35.5. The van der Waals surface area contributed by atoms with E-state index in [1.807, 2.05) is 44.2 Å². The second-order valence-corrected chi connectivity index (χ2v) is 7.49. The van der Waals surface area contributed by atoms with Crippen LogP contribution in [-0.2, 0) is 9.53 Å². The van der Waals surface area contributed by atoms with Crippen molar-refractivity contribution in [3.63, 3.8) is 0 Å². The molecule has 2 rings (SSSR count). The fourth-order valence-electron chi connectivity index (χ4n) is 2.76. The zero-order valence-corrected chi connectivity index (χ0v) is 18.1. The van der Waals surface area contributed by atoms with Crippen molar-refractivity contribution < 1.29 is 14.3 Å². The van der Waals surface area contributed by atoms with Gasteiger partial charge in [-0.05, 0) is 37.5 Å². The number of benzene rings is 2. The molecule has 156 valence electrons. The van der Waals surface area contributed by atoms with Gasteiger partial charge in [0, 0.05) is 24.6 Å². The molecule has 0 saturated carbocycles. The molecule has 0 radical (unpaired) electrons. The van der Waals surface area contributed by atoms with Crippen LogP contribution in [0.5, 0.6) is 0 Å². The summed E-state index contributed by atoms with van der Waals surface area (Å²) in [7, 11) is 0. The van der Waals surface area contributed by atoms with Crippen molar-refractivity contribution >= 4 is 40.7 Å². The maximum atomic E-state index is 12.6. The lowest BCUT2D eigenvalue weighted by Crippen LogP contribution is -2.27. The Kier molecular flexibility index (Phi) is 9.45. The topological polar surface area (TPSA) is 67.4 Å². The van der Waals surface area contributed by atoms with Gasteiger partial charge in [-0.2, -0.15) is 0 Å². The first kappa shape index (κ1) is 23.2. The van der Waals surface area contributed by atoms with Gasteiger partial charge in [0.05, 0.1) is 22.4 Å². The maximum absolute atomic E-state index is 12.6. The third-order valence-electron chi connectivity index (χ3n) is 4.28. The van der Waals surface area contributed by atoms with Crippen molar-refractivity contribution in [1.29, 1.82) is 0 Å². The van der Waals surface area contributed by atoms with E-state index in [0.717, 1.165) is 5.56 Å². The van der Waals surface area contributed by atoms with E-state index >= 15 is 0 Å². The maximum Gasteiger partial charge on any atom is 0.253 e. The normalized spacial score (nSPS) is 11.7. The van der Waals surface area contributed by atoms with Crippen LogP contribution in [0.1, 0.15) is 55.1 Å². The summed E-state index contributed by atoms with van der Waals surface area (Å²) in [6, 6.07) is 12.9. The SMILES string of the molecule is CCCC(=O)Nc1c(Cl)cc(Cl)cc1C(=O)NCCCOC(C)c1ccccc1. The molecule has 2 aromatic carbocycles. The highest BCUT2D eigenvalue weighted by Crippen LogP contribution is 2.30. The highest BCUT2D eigenvalue weighted by Gasteiger charge is 2.17. The van der Waals surface area contributed by atoms with Gasteiger partial charge >= 0.3 is 0 Å². The molecule has 0 saturated heterocycles. The quantitative estimate of drug-likeness (QED) is 0.474. The van der Waals surface area contributed by atoms with Gasteiger partial charge in [0.15, 0.2) is 0 Å². The van der Waals surface area contributed by atoms with Gasteiger partial charge in [-0.25, -0.2) is 0 Å². The molecule has 0 aliphatic heterocycles. The number of carbonyl (C=O) groups is 2. The first-order chi connectivity index (χ1) is 13.9. The molecule has 0 heterocycles. The molecule has 1 atom stereocenters. The van der Waals surface area contributed by atoms with Gasteiger partial charge in [0.25, 0.3) is 5.91 Å². The molecule has 2 amide bonds. The lowest BCUT2D eigenvalue weighted by molar-refractivity contribution is -0.116. The number of hydrogen-bond donors (Lipinski definition) is 2. The molecule has 0 fully saturated rings. The Morgan fingerprint density at radius 2 is 1.86 bits per heavy atom. The number of carbonyl (C=O) groups excluding carboxylic acids is 2. The van der Waals surface area contributed by atoms with Crippen LogP contribution < -0.4 is 10.6 Å².